The number of hydrogen-bond acceptors (Lipinski definition) is 1. The van der Waals surface area contributed by atoms with Crippen LogP contribution in [0, 0.1) is 0 Å². The molecule has 0 aromatic rings. The van der Waals surface area contributed by atoms with Crippen molar-refractivity contribution >= 4 is 7.85 Å². The highest BCUT2D eigenvalue weighted by Crippen LogP contribution is 2.06. The minimum Gasteiger partial charge on any atom is -0.304 e. The quantitative estimate of drug-likeness (QED) is 0.458. The standard InChI is InChI=1S/C6H14BN/c7-3-6-8-4-1-2-5-8/h1-7H2. The molecule has 0 aliphatic carbocycles. The summed E-state index contributed by atoms with van der Waals surface area (Å²) in [4.78, 5) is 2.54. The van der Waals surface area contributed by atoms with E-state index in [1.54, 1.807) is 0 Å². The molecule has 1 fully saturated rings. The van der Waals surface area contributed by atoms with E-state index < -0.39 is 0 Å². The van der Waals surface area contributed by atoms with E-state index in [1.807, 2.05) is 0 Å². The molecule has 1 aliphatic rings. The summed E-state index contributed by atoms with van der Waals surface area (Å²) in [6, 6.07) is 0. The fraction of sp³-hybridized carbons (Fsp3) is 1.00. The molecule has 1 rings (SSSR count). The van der Waals surface area contributed by atoms with E-state index in [-0.39, 0.29) is 0 Å². The smallest absolute Gasteiger partial charge is 0.103 e. The number of rotatable bonds is 2. The van der Waals surface area contributed by atoms with Crippen LogP contribution in [0.3, 0.4) is 0 Å². The molecule has 1 nitrogen and oxygen atoms in total. The lowest BCUT2D eigenvalue weighted by molar-refractivity contribution is 0.359. The third-order valence-corrected chi connectivity index (χ3v) is 1.74. The second-order valence-electron chi connectivity index (χ2n) is 2.55. The number of likely N-dealkylation sites (tertiary alicyclic amines) is 1. The maximum Gasteiger partial charge on any atom is 0.103 e. The molecule has 2 heteroatoms. The van der Waals surface area contributed by atoms with Crippen molar-refractivity contribution in [2.75, 3.05) is 19.6 Å². The van der Waals surface area contributed by atoms with Crippen molar-refractivity contribution in [3.63, 3.8) is 0 Å². The average Bonchev–Trinajstić information content (AvgIpc) is 2.19. The first-order valence-electron chi connectivity index (χ1n) is 3.66. The third kappa shape index (κ3) is 1.51. The van der Waals surface area contributed by atoms with Crippen LogP contribution in [0.5, 0.6) is 0 Å². The van der Waals surface area contributed by atoms with Crippen LogP contribution in [-0.4, -0.2) is 32.4 Å². The van der Waals surface area contributed by atoms with E-state index in [0.717, 1.165) is 0 Å². The van der Waals surface area contributed by atoms with Crippen molar-refractivity contribution in [2.45, 2.75) is 19.2 Å². The third-order valence-electron chi connectivity index (χ3n) is 1.74. The van der Waals surface area contributed by atoms with Crippen molar-refractivity contribution < 1.29 is 0 Å². The molecule has 1 saturated heterocycles. The minimum absolute atomic E-state index is 1.32. The van der Waals surface area contributed by atoms with E-state index in [9.17, 15) is 0 Å². The predicted molar refractivity (Wildman–Crippen MR) is 39.0 cm³/mol. The first-order valence-corrected chi connectivity index (χ1v) is 3.66. The van der Waals surface area contributed by atoms with Crippen LogP contribution in [0.15, 0.2) is 0 Å². The molecule has 0 unspecified atom stereocenters. The number of hydrogen-bond donors (Lipinski definition) is 0. The first-order chi connectivity index (χ1) is 3.93. The second kappa shape index (κ2) is 3.13. The van der Waals surface area contributed by atoms with Crippen LogP contribution in [0.4, 0.5) is 0 Å². The van der Waals surface area contributed by atoms with Gasteiger partial charge in [-0.05, 0) is 32.5 Å². The fourth-order valence-corrected chi connectivity index (χ4v) is 1.32. The van der Waals surface area contributed by atoms with Crippen molar-refractivity contribution in [3.05, 3.63) is 0 Å². The number of nitrogens with zero attached hydrogens (tertiary/aromatic N) is 1. The van der Waals surface area contributed by atoms with Gasteiger partial charge >= 0.3 is 0 Å². The molecular formula is C6H14BN. The zero-order valence-corrected chi connectivity index (χ0v) is 5.69. The van der Waals surface area contributed by atoms with Crippen molar-refractivity contribution in [2.24, 2.45) is 0 Å². The van der Waals surface area contributed by atoms with E-state index in [4.69, 9.17) is 0 Å². The summed E-state index contributed by atoms with van der Waals surface area (Å²) in [5.41, 5.74) is 0. The maximum atomic E-state index is 2.54. The van der Waals surface area contributed by atoms with Gasteiger partial charge in [-0.2, -0.15) is 0 Å². The summed E-state index contributed by atoms with van der Waals surface area (Å²) in [5, 5.41) is 0. The minimum atomic E-state index is 1.32. The van der Waals surface area contributed by atoms with Crippen LogP contribution in [0.2, 0.25) is 6.32 Å². The average molecular weight is 111 g/mol. The fourth-order valence-electron chi connectivity index (χ4n) is 1.32. The molecular weight excluding hydrogens is 96.9 g/mol. The Morgan fingerprint density at radius 3 is 2.38 bits per heavy atom. The normalized spacial score (nSPS) is 22.0. The zero-order chi connectivity index (χ0) is 5.82. The Bertz CT molecular complexity index is 59.5. The highest BCUT2D eigenvalue weighted by molar-refractivity contribution is 6.08. The Labute approximate surface area is 52.5 Å². The highest BCUT2D eigenvalue weighted by Gasteiger charge is 2.08. The molecule has 8 heavy (non-hydrogen) atoms. The Kier molecular flexibility index (Phi) is 2.41. The zero-order valence-electron chi connectivity index (χ0n) is 5.69. The molecule has 1 heterocycles. The Morgan fingerprint density at radius 2 is 1.88 bits per heavy atom. The van der Waals surface area contributed by atoms with Gasteiger partial charge in [-0.1, -0.05) is 6.32 Å². The van der Waals surface area contributed by atoms with Crippen LogP contribution in [0.25, 0.3) is 0 Å². The van der Waals surface area contributed by atoms with Gasteiger partial charge in [0.2, 0.25) is 0 Å². The first kappa shape index (κ1) is 6.15. The summed E-state index contributed by atoms with van der Waals surface area (Å²) < 4.78 is 0. The van der Waals surface area contributed by atoms with Gasteiger partial charge in [0.1, 0.15) is 7.85 Å². The summed E-state index contributed by atoms with van der Waals surface area (Å²) >= 11 is 0. The van der Waals surface area contributed by atoms with Gasteiger partial charge in [0.05, 0.1) is 0 Å². The van der Waals surface area contributed by atoms with E-state index in [1.165, 1.54) is 38.8 Å². The Hall–Kier alpha value is 0.0249. The van der Waals surface area contributed by atoms with E-state index in [0.29, 0.717) is 0 Å². The second-order valence-corrected chi connectivity index (χ2v) is 2.55. The van der Waals surface area contributed by atoms with E-state index >= 15 is 0 Å². The molecule has 0 amide bonds. The summed E-state index contributed by atoms with van der Waals surface area (Å²) in [6.07, 6.45) is 4.18. The highest BCUT2D eigenvalue weighted by atomic mass is 15.1. The molecule has 0 radical (unpaired) electrons. The van der Waals surface area contributed by atoms with Gasteiger partial charge in [-0.3, -0.25) is 0 Å². The molecule has 0 atom stereocenters. The molecule has 0 aromatic carbocycles. The van der Waals surface area contributed by atoms with Gasteiger partial charge in [0, 0.05) is 0 Å². The van der Waals surface area contributed by atoms with Crippen molar-refractivity contribution in [3.8, 4) is 0 Å². The summed E-state index contributed by atoms with van der Waals surface area (Å²) in [6.45, 7) is 4.03. The topological polar surface area (TPSA) is 3.24 Å². The van der Waals surface area contributed by atoms with Gasteiger partial charge in [0.25, 0.3) is 0 Å². The van der Waals surface area contributed by atoms with Crippen LogP contribution in [-0.2, 0) is 0 Å². The Morgan fingerprint density at radius 1 is 1.25 bits per heavy atom. The largest absolute Gasteiger partial charge is 0.304 e. The van der Waals surface area contributed by atoms with Gasteiger partial charge in [0.15, 0.2) is 0 Å². The van der Waals surface area contributed by atoms with Gasteiger partial charge in [-0.25, -0.2) is 0 Å². The summed E-state index contributed by atoms with van der Waals surface area (Å²) in [5.74, 6) is 0. The molecule has 0 saturated carbocycles. The molecule has 0 spiro atoms. The summed E-state index contributed by atoms with van der Waals surface area (Å²) in [7, 11) is 2.25. The SMILES string of the molecule is BCCN1CCCC1. The lowest BCUT2D eigenvalue weighted by Gasteiger charge is -2.11. The molecule has 0 N–H and O–H groups in total. The predicted octanol–water partition coefficient (Wildman–Crippen LogP) is 0.134. The molecule has 46 valence electrons. The van der Waals surface area contributed by atoms with Crippen LogP contribution < -0.4 is 0 Å². The molecule has 0 aromatic heterocycles. The van der Waals surface area contributed by atoms with Crippen molar-refractivity contribution in [1.29, 1.82) is 0 Å². The van der Waals surface area contributed by atoms with Crippen molar-refractivity contribution in [1.82, 2.24) is 4.90 Å². The monoisotopic (exact) mass is 111 g/mol. The maximum absolute atomic E-state index is 2.54. The van der Waals surface area contributed by atoms with Gasteiger partial charge < -0.3 is 4.90 Å². The van der Waals surface area contributed by atoms with Crippen LogP contribution in [0.1, 0.15) is 12.8 Å². The molecule has 1 aliphatic heterocycles. The van der Waals surface area contributed by atoms with Crippen LogP contribution >= 0.6 is 0 Å². The lowest BCUT2D eigenvalue weighted by atomic mass is 10.1. The Balaban J connectivity index is 2.06. The lowest BCUT2D eigenvalue weighted by Crippen LogP contribution is -2.19. The molecule has 0 bridgehead atoms. The van der Waals surface area contributed by atoms with E-state index in [2.05, 4.69) is 12.7 Å². The van der Waals surface area contributed by atoms with Gasteiger partial charge in [-0.15, -0.1) is 0 Å².